The Bertz CT molecular complexity index is 1500. The number of allylic oxidation sites excluding steroid dienone is 3. The van der Waals surface area contributed by atoms with E-state index in [2.05, 4.69) is 33.8 Å². The van der Waals surface area contributed by atoms with Crippen molar-refractivity contribution in [3.05, 3.63) is 95.1 Å². The summed E-state index contributed by atoms with van der Waals surface area (Å²) in [5.74, 6) is 1.54. The molecule has 1 aromatic carbocycles. The molecule has 3 atom stereocenters. The number of rotatable bonds is 6. The second-order valence-electron chi connectivity index (χ2n) is 10.7. The van der Waals surface area contributed by atoms with E-state index in [0.29, 0.717) is 53.4 Å². The van der Waals surface area contributed by atoms with Gasteiger partial charge in [0, 0.05) is 30.0 Å². The van der Waals surface area contributed by atoms with Gasteiger partial charge in [0.15, 0.2) is 0 Å². The smallest absolute Gasteiger partial charge is 0.350 e. The molecular formula is C30H28F6N6. The molecule has 2 aromatic heterocycles. The van der Waals surface area contributed by atoms with Crippen molar-refractivity contribution in [1.82, 2.24) is 20.3 Å². The molecule has 6 nitrogen and oxygen atoms in total. The quantitative estimate of drug-likeness (QED) is 0.309. The van der Waals surface area contributed by atoms with Crippen LogP contribution < -0.4 is 15.5 Å². The van der Waals surface area contributed by atoms with Gasteiger partial charge >= 0.3 is 12.4 Å². The second-order valence-corrected chi connectivity index (χ2v) is 10.7. The predicted molar refractivity (Wildman–Crippen MR) is 146 cm³/mol. The third kappa shape index (κ3) is 5.85. The Kier molecular flexibility index (Phi) is 7.42. The molecule has 6 rings (SSSR count). The van der Waals surface area contributed by atoms with Gasteiger partial charge in [-0.2, -0.15) is 26.3 Å². The van der Waals surface area contributed by atoms with Crippen LogP contribution in [0.25, 0.3) is 0 Å². The molecular weight excluding hydrogens is 558 g/mol. The van der Waals surface area contributed by atoms with Gasteiger partial charge in [-0.25, -0.2) is 15.0 Å². The number of halogens is 6. The molecule has 1 fully saturated rings. The molecule has 3 unspecified atom stereocenters. The van der Waals surface area contributed by atoms with E-state index >= 15 is 0 Å². The number of benzene rings is 1. The van der Waals surface area contributed by atoms with Crippen molar-refractivity contribution in [2.24, 2.45) is 11.8 Å². The summed E-state index contributed by atoms with van der Waals surface area (Å²) in [6.07, 6.45) is 3.20. The van der Waals surface area contributed by atoms with Crippen LogP contribution in [0.1, 0.15) is 41.1 Å². The summed E-state index contributed by atoms with van der Waals surface area (Å²) in [6, 6.07) is 7.12. The number of nitrogens with zero attached hydrogens (tertiary/aromatic N) is 4. The number of aromatic nitrogens is 3. The Morgan fingerprint density at radius 1 is 0.905 bits per heavy atom. The molecule has 220 valence electrons. The van der Waals surface area contributed by atoms with Crippen LogP contribution in [-0.4, -0.2) is 27.5 Å². The van der Waals surface area contributed by atoms with Crippen LogP contribution in [0.3, 0.4) is 0 Å². The predicted octanol–water partition coefficient (Wildman–Crippen LogP) is 6.83. The average molecular weight is 587 g/mol. The standard InChI is InChI=1S/C30H28F6N6/c31-29(32,33)19-8-10-20(11-9-19)39-27-22-13-15-42(28-23(30(34,35)36)6-3-14-37-28)17-25(22)40-26(41-27)16-38-24-12-7-18-4-1-2-5-21(18)24/h1-6,8-11,14,18,21,24,38H,7,12-13,15-17H2,(H,39,40,41). The number of pyridine rings is 1. The number of anilines is 3. The fourth-order valence-electron chi connectivity index (χ4n) is 6.01. The molecule has 3 heterocycles. The Balaban J connectivity index is 1.29. The highest BCUT2D eigenvalue weighted by Crippen LogP contribution is 2.38. The third-order valence-electron chi connectivity index (χ3n) is 8.07. The molecule has 2 N–H and O–H groups in total. The van der Waals surface area contributed by atoms with Crippen LogP contribution in [-0.2, 0) is 31.9 Å². The number of nitrogens with one attached hydrogen (secondary N) is 2. The molecule has 12 heteroatoms. The van der Waals surface area contributed by atoms with E-state index in [0.717, 1.165) is 31.0 Å². The van der Waals surface area contributed by atoms with Gasteiger partial charge in [0.1, 0.15) is 17.5 Å². The summed E-state index contributed by atoms with van der Waals surface area (Å²) in [6.45, 7) is 0.646. The maximum absolute atomic E-state index is 13.7. The van der Waals surface area contributed by atoms with E-state index < -0.39 is 23.5 Å². The third-order valence-corrected chi connectivity index (χ3v) is 8.07. The fraction of sp³-hybridized carbons (Fsp3) is 0.367. The first kappa shape index (κ1) is 28.2. The Morgan fingerprint density at radius 3 is 2.45 bits per heavy atom. The number of alkyl halides is 6. The molecule has 0 amide bonds. The van der Waals surface area contributed by atoms with Crippen LogP contribution in [0.4, 0.5) is 43.7 Å². The van der Waals surface area contributed by atoms with Crippen molar-refractivity contribution in [2.45, 2.75) is 50.7 Å². The molecule has 0 radical (unpaired) electrons. The zero-order valence-corrected chi connectivity index (χ0v) is 22.4. The van der Waals surface area contributed by atoms with Crippen molar-refractivity contribution in [3.8, 4) is 0 Å². The second kappa shape index (κ2) is 11.0. The van der Waals surface area contributed by atoms with E-state index in [4.69, 9.17) is 9.97 Å². The van der Waals surface area contributed by atoms with Crippen LogP contribution in [0.15, 0.2) is 66.9 Å². The van der Waals surface area contributed by atoms with Crippen molar-refractivity contribution in [1.29, 1.82) is 0 Å². The van der Waals surface area contributed by atoms with Crippen molar-refractivity contribution >= 4 is 17.3 Å². The lowest BCUT2D eigenvalue weighted by Gasteiger charge is -2.32. The van der Waals surface area contributed by atoms with Gasteiger partial charge in [-0.3, -0.25) is 0 Å². The number of fused-ring (bicyclic) bond motifs is 2. The fourth-order valence-corrected chi connectivity index (χ4v) is 6.01. The Hall–Kier alpha value is -3.93. The average Bonchev–Trinajstić information content (AvgIpc) is 3.38. The lowest BCUT2D eigenvalue weighted by Crippen LogP contribution is -2.36. The highest BCUT2D eigenvalue weighted by atomic mass is 19.4. The summed E-state index contributed by atoms with van der Waals surface area (Å²) >= 11 is 0. The van der Waals surface area contributed by atoms with Crippen molar-refractivity contribution in [3.63, 3.8) is 0 Å². The van der Waals surface area contributed by atoms with Crippen LogP contribution >= 0.6 is 0 Å². The van der Waals surface area contributed by atoms with Gasteiger partial charge in [-0.1, -0.05) is 24.3 Å². The van der Waals surface area contributed by atoms with Gasteiger partial charge in [-0.05, 0) is 67.5 Å². The lowest BCUT2D eigenvalue weighted by molar-refractivity contribution is -0.138. The molecule has 42 heavy (non-hydrogen) atoms. The molecule has 3 aromatic rings. The van der Waals surface area contributed by atoms with Crippen LogP contribution in [0, 0.1) is 11.8 Å². The van der Waals surface area contributed by atoms with Gasteiger partial charge < -0.3 is 15.5 Å². The van der Waals surface area contributed by atoms with Crippen molar-refractivity contribution in [2.75, 3.05) is 16.8 Å². The molecule has 0 saturated heterocycles. The SMILES string of the molecule is FC(F)(F)c1ccc(Nc2nc(CNC3CCC4C=CC=CC43)nc3c2CCN(c2ncccc2C(F)(F)F)C3)cc1. The maximum atomic E-state index is 13.7. The molecule has 1 saturated carbocycles. The first-order chi connectivity index (χ1) is 20.1. The van der Waals surface area contributed by atoms with E-state index in [9.17, 15) is 26.3 Å². The minimum absolute atomic E-state index is 0.0777. The molecule has 1 aliphatic heterocycles. The monoisotopic (exact) mass is 586 g/mol. The molecule has 2 aliphatic carbocycles. The summed E-state index contributed by atoms with van der Waals surface area (Å²) in [4.78, 5) is 15.1. The van der Waals surface area contributed by atoms with Crippen LogP contribution in [0.2, 0.25) is 0 Å². The van der Waals surface area contributed by atoms with E-state index in [1.807, 2.05) is 6.08 Å². The Labute approximate surface area is 238 Å². The van der Waals surface area contributed by atoms with Crippen LogP contribution in [0.5, 0.6) is 0 Å². The highest BCUT2D eigenvalue weighted by molar-refractivity contribution is 5.62. The van der Waals surface area contributed by atoms with Gasteiger partial charge in [0.2, 0.25) is 0 Å². The minimum Gasteiger partial charge on any atom is -0.350 e. The summed E-state index contributed by atoms with van der Waals surface area (Å²) in [5.41, 5.74) is 0.0762. The zero-order valence-electron chi connectivity index (χ0n) is 22.4. The largest absolute Gasteiger partial charge is 0.419 e. The topological polar surface area (TPSA) is 66.0 Å². The zero-order chi connectivity index (χ0) is 29.5. The van der Waals surface area contributed by atoms with Gasteiger partial charge in [0.25, 0.3) is 0 Å². The van der Waals surface area contributed by atoms with E-state index in [1.54, 1.807) is 4.90 Å². The Morgan fingerprint density at radius 2 is 1.69 bits per heavy atom. The highest BCUT2D eigenvalue weighted by Gasteiger charge is 2.37. The van der Waals surface area contributed by atoms with E-state index in [1.165, 1.54) is 24.4 Å². The first-order valence-electron chi connectivity index (χ1n) is 13.7. The summed E-state index contributed by atoms with van der Waals surface area (Å²) in [5, 5.41) is 6.69. The van der Waals surface area contributed by atoms with Gasteiger partial charge in [0.05, 0.1) is 29.9 Å². The van der Waals surface area contributed by atoms with Crippen molar-refractivity contribution < 1.29 is 26.3 Å². The number of hydrogen-bond acceptors (Lipinski definition) is 6. The summed E-state index contributed by atoms with van der Waals surface area (Å²) < 4.78 is 80.5. The first-order valence-corrected chi connectivity index (χ1v) is 13.7. The van der Waals surface area contributed by atoms with E-state index in [-0.39, 0.29) is 24.9 Å². The lowest BCUT2D eigenvalue weighted by atomic mass is 9.90. The normalized spacial score (nSPS) is 21.8. The maximum Gasteiger partial charge on any atom is 0.419 e. The summed E-state index contributed by atoms with van der Waals surface area (Å²) in [7, 11) is 0. The van der Waals surface area contributed by atoms with Gasteiger partial charge in [-0.15, -0.1) is 0 Å². The number of hydrogen-bond donors (Lipinski definition) is 2. The molecule has 3 aliphatic rings. The molecule has 0 spiro atoms. The minimum atomic E-state index is -4.57. The molecule has 0 bridgehead atoms.